The van der Waals surface area contributed by atoms with Crippen LogP contribution in [0.1, 0.15) is 29.7 Å². The molecule has 1 aliphatic heterocycles. The molecule has 3 aromatic rings. The van der Waals surface area contributed by atoms with Crippen LogP contribution < -0.4 is 4.90 Å². The van der Waals surface area contributed by atoms with Gasteiger partial charge in [-0.1, -0.05) is 48.4 Å². The third kappa shape index (κ3) is 5.59. The number of benzene rings is 2. The highest BCUT2D eigenvalue weighted by Gasteiger charge is 2.13. The predicted molar refractivity (Wildman–Crippen MR) is 136 cm³/mol. The maximum Gasteiger partial charge on any atom is 0.113 e. The molecule has 0 bridgehead atoms. The first kappa shape index (κ1) is 22.1. The van der Waals surface area contributed by atoms with Crippen LogP contribution in [0.25, 0.3) is 17.2 Å². The molecule has 4 rings (SSSR count). The van der Waals surface area contributed by atoms with Gasteiger partial charge in [0.1, 0.15) is 5.69 Å². The molecule has 0 amide bonds. The van der Waals surface area contributed by atoms with Crippen molar-refractivity contribution in [3.05, 3.63) is 89.2 Å². The van der Waals surface area contributed by atoms with E-state index in [1.54, 1.807) is 0 Å². The van der Waals surface area contributed by atoms with Crippen molar-refractivity contribution in [2.45, 2.75) is 12.8 Å². The van der Waals surface area contributed by atoms with Crippen molar-refractivity contribution in [3.63, 3.8) is 0 Å². The Kier molecular flexibility index (Phi) is 7.27. The third-order valence-corrected chi connectivity index (χ3v) is 6.14. The molecule has 0 saturated carbocycles. The average Bonchev–Trinajstić information content (AvgIpc) is 3.36. The Bertz CT molecular complexity index is 1120. The number of nitrogens with zero attached hydrogens (tertiary/aromatic N) is 3. The van der Waals surface area contributed by atoms with Gasteiger partial charge >= 0.3 is 0 Å². The van der Waals surface area contributed by atoms with E-state index in [-0.39, 0.29) is 0 Å². The Morgan fingerprint density at radius 3 is 2.47 bits per heavy atom. The second kappa shape index (κ2) is 10.5. The van der Waals surface area contributed by atoms with Crippen LogP contribution in [-0.2, 0) is 0 Å². The van der Waals surface area contributed by atoms with E-state index in [9.17, 15) is 0 Å². The van der Waals surface area contributed by atoms with Crippen LogP contribution in [0, 0.1) is 11.8 Å². The topological polar surface area (TPSA) is 19.4 Å². The molecular formula is C28H28ClN3. The first-order valence-corrected chi connectivity index (χ1v) is 11.4. The molecule has 3 nitrogen and oxygen atoms in total. The summed E-state index contributed by atoms with van der Waals surface area (Å²) in [4.78, 5) is 9.35. The van der Waals surface area contributed by atoms with E-state index in [0.29, 0.717) is 0 Å². The van der Waals surface area contributed by atoms with Gasteiger partial charge in [0.05, 0.1) is 0 Å². The molecule has 0 atom stereocenters. The minimum Gasteiger partial charge on any atom is -0.373 e. The number of rotatable bonds is 6. The average molecular weight is 442 g/mol. The predicted octanol–water partition coefficient (Wildman–Crippen LogP) is 5.98. The number of anilines is 1. The molecule has 0 unspecified atom stereocenters. The van der Waals surface area contributed by atoms with Gasteiger partial charge in [-0.25, -0.2) is 4.98 Å². The van der Waals surface area contributed by atoms with Crippen LogP contribution in [-0.4, -0.2) is 43.1 Å². The van der Waals surface area contributed by atoms with Crippen LogP contribution in [0.15, 0.2) is 67.4 Å². The van der Waals surface area contributed by atoms with E-state index < -0.39 is 0 Å². The molecule has 162 valence electrons. The number of likely N-dealkylation sites (N-methyl/N-ethyl adjacent to an activating group) is 1. The lowest BCUT2D eigenvalue weighted by atomic mass is 10.1. The van der Waals surface area contributed by atoms with Gasteiger partial charge in [-0.3, -0.25) is 0 Å². The molecule has 1 saturated heterocycles. The number of likely N-dealkylation sites (tertiary alicyclic amines) is 1. The van der Waals surface area contributed by atoms with Crippen LogP contribution in [0.3, 0.4) is 0 Å². The minimum atomic E-state index is 0.729. The molecule has 1 aliphatic rings. The highest BCUT2D eigenvalue weighted by atomic mass is 35.5. The summed E-state index contributed by atoms with van der Waals surface area (Å²) in [5, 5.41) is 0.729. The smallest absolute Gasteiger partial charge is 0.113 e. The summed E-state index contributed by atoms with van der Waals surface area (Å²) in [6.07, 6.45) is 6.41. The summed E-state index contributed by atoms with van der Waals surface area (Å²) >= 11 is 5.97. The fraction of sp³-hybridized carbons (Fsp3) is 0.250. The summed E-state index contributed by atoms with van der Waals surface area (Å²) in [5.74, 6) is 6.41. The first-order chi connectivity index (χ1) is 15.6. The van der Waals surface area contributed by atoms with Gasteiger partial charge in [0.25, 0.3) is 0 Å². The molecule has 0 radical (unpaired) electrons. The van der Waals surface area contributed by atoms with Crippen molar-refractivity contribution in [3.8, 4) is 23.0 Å². The standard InChI is InChI=1S/C28H28ClN3/c1-3-23-20-22(7-15-28(23)31(2)18-19-32-16-4-5-17-32)6-13-27-14-10-25(21-30-27)24-8-11-26(29)12-9-24/h3,7-12,14-15,20-21H,1,4-5,16-19H2,2H3. The number of aromatic nitrogens is 1. The van der Waals surface area contributed by atoms with E-state index >= 15 is 0 Å². The van der Waals surface area contributed by atoms with Gasteiger partial charge in [-0.05, 0) is 79.4 Å². The zero-order chi connectivity index (χ0) is 22.3. The SMILES string of the molecule is C=Cc1cc(C#Cc2ccc(-c3ccc(Cl)cc3)cn2)ccc1N(C)CCN1CCCC1. The van der Waals surface area contributed by atoms with Gasteiger partial charge in [-0.2, -0.15) is 0 Å². The number of hydrogen-bond acceptors (Lipinski definition) is 3. The molecular weight excluding hydrogens is 414 g/mol. The highest BCUT2D eigenvalue weighted by molar-refractivity contribution is 6.30. The summed E-state index contributed by atoms with van der Waals surface area (Å²) < 4.78 is 0. The Morgan fingerprint density at radius 2 is 1.78 bits per heavy atom. The monoisotopic (exact) mass is 441 g/mol. The van der Waals surface area contributed by atoms with E-state index in [1.165, 1.54) is 31.6 Å². The van der Waals surface area contributed by atoms with Crippen molar-refractivity contribution in [2.24, 2.45) is 0 Å². The molecule has 32 heavy (non-hydrogen) atoms. The van der Waals surface area contributed by atoms with Gasteiger partial charge in [0.15, 0.2) is 0 Å². The summed E-state index contributed by atoms with van der Waals surface area (Å²) in [6.45, 7) is 8.58. The zero-order valence-electron chi connectivity index (χ0n) is 18.5. The van der Waals surface area contributed by atoms with E-state index in [0.717, 1.165) is 46.1 Å². The maximum absolute atomic E-state index is 5.97. The van der Waals surface area contributed by atoms with Crippen LogP contribution in [0.2, 0.25) is 5.02 Å². The Hall–Kier alpha value is -3.06. The molecule has 1 fully saturated rings. The van der Waals surface area contributed by atoms with Crippen molar-refractivity contribution >= 4 is 23.4 Å². The van der Waals surface area contributed by atoms with Crippen molar-refractivity contribution in [1.29, 1.82) is 0 Å². The molecule has 0 aliphatic carbocycles. The zero-order valence-corrected chi connectivity index (χ0v) is 19.3. The molecule has 0 spiro atoms. The number of pyridine rings is 1. The van der Waals surface area contributed by atoms with E-state index in [2.05, 4.69) is 58.5 Å². The van der Waals surface area contributed by atoms with Crippen LogP contribution in [0.5, 0.6) is 0 Å². The Labute approximate surface area is 196 Å². The lowest BCUT2D eigenvalue weighted by Gasteiger charge is -2.24. The highest BCUT2D eigenvalue weighted by Crippen LogP contribution is 2.23. The van der Waals surface area contributed by atoms with E-state index in [4.69, 9.17) is 11.6 Å². The molecule has 2 aromatic carbocycles. The van der Waals surface area contributed by atoms with E-state index in [1.807, 2.05) is 48.7 Å². The molecule has 1 aromatic heterocycles. The molecule has 2 heterocycles. The van der Waals surface area contributed by atoms with Crippen LogP contribution >= 0.6 is 11.6 Å². The van der Waals surface area contributed by atoms with Gasteiger partial charge in [0, 0.05) is 48.2 Å². The largest absolute Gasteiger partial charge is 0.373 e. The summed E-state index contributed by atoms with van der Waals surface area (Å²) in [7, 11) is 2.15. The van der Waals surface area contributed by atoms with Gasteiger partial charge in [-0.15, -0.1) is 0 Å². The normalized spacial score (nSPS) is 13.4. The van der Waals surface area contributed by atoms with Crippen LogP contribution in [0.4, 0.5) is 5.69 Å². The fourth-order valence-electron chi connectivity index (χ4n) is 3.98. The Morgan fingerprint density at radius 1 is 1.03 bits per heavy atom. The lowest BCUT2D eigenvalue weighted by Crippen LogP contribution is -2.31. The number of hydrogen-bond donors (Lipinski definition) is 0. The summed E-state index contributed by atoms with van der Waals surface area (Å²) in [6, 6.07) is 18.1. The fourth-order valence-corrected chi connectivity index (χ4v) is 4.10. The van der Waals surface area contributed by atoms with Gasteiger partial charge < -0.3 is 9.80 Å². The minimum absolute atomic E-state index is 0.729. The molecule has 4 heteroatoms. The van der Waals surface area contributed by atoms with Crippen molar-refractivity contribution < 1.29 is 0 Å². The quantitative estimate of drug-likeness (QED) is 0.439. The second-order valence-corrected chi connectivity index (χ2v) is 8.57. The Balaban J connectivity index is 1.44. The maximum atomic E-state index is 5.97. The van der Waals surface area contributed by atoms with Gasteiger partial charge in [0.2, 0.25) is 0 Å². The second-order valence-electron chi connectivity index (χ2n) is 8.14. The summed E-state index contributed by atoms with van der Waals surface area (Å²) in [5.41, 5.74) is 6.13. The van der Waals surface area contributed by atoms with Crippen molar-refractivity contribution in [2.75, 3.05) is 38.1 Å². The van der Waals surface area contributed by atoms with Crippen molar-refractivity contribution in [1.82, 2.24) is 9.88 Å². The third-order valence-electron chi connectivity index (χ3n) is 5.88. The number of halogens is 1. The molecule has 0 N–H and O–H groups in total. The lowest BCUT2D eigenvalue weighted by molar-refractivity contribution is 0.346. The first-order valence-electron chi connectivity index (χ1n) is 11.1.